The number of carbonyl (C=O) groups excluding carboxylic acids is 1. The summed E-state index contributed by atoms with van der Waals surface area (Å²) in [7, 11) is 0. The Morgan fingerprint density at radius 3 is 2.20 bits per heavy atom. The molecule has 0 aliphatic rings. The van der Waals surface area contributed by atoms with Crippen LogP contribution >= 0.6 is 0 Å². The van der Waals surface area contributed by atoms with Crippen molar-refractivity contribution in [3.05, 3.63) is 0 Å². The smallest absolute Gasteiger partial charge is 0.316 e. The first-order chi connectivity index (χ1) is 4.63. The van der Waals surface area contributed by atoms with Crippen molar-refractivity contribution in [3.63, 3.8) is 0 Å². The number of rotatable bonds is 3. The van der Waals surface area contributed by atoms with Crippen molar-refractivity contribution in [3.8, 4) is 0 Å². The number of aliphatic carboxylic acids is 1. The summed E-state index contributed by atoms with van der Waals surface area (Å²) in [5.74, 6) is -3.26. The van der Waals surface area contributed by atoms with Crippen molar-refractivity contribution in [2.24, 2.45) is 5.92 Å². The number of carbonyl (C=O) groups is 2. The summed E-state index contributed by atoms with van der Waals surface area (Å²) >= 11 is 0. The second-order valence-corrected chi connectivity index (χ2v) is 1.78. The van der Waals surface area contributed by atoms with E-state index in [-0.39, 0.29) is 6.42 Å². The Bertz CT molecular complexity index is 145. The predicted molar refractivity (Wildman–Crippen MR) is 31.3 cm³/mol. The molecule has 1 atom stereocenters. The summed E-state index contributed by atoms with van der Waals surface area (Å²) in [5, 5.41) is 16.3. The van der Waals surface area contributed by atoms with Gasteiger partial charge < -0.3 is 5.11 Å². The van der Waals surface area contributed by atoms with Gasteiger partial charge in [0.2, 0.25) is 0 Å². The molecule has 1 unspecified atom stereocenters. The lowest BCUT2D eigenvalue weighted by Gasteiger charge is -2.04. The topological polar surface area (TPSA) is 86.6 Å². The molecule has 0 aromatic heterocycles. The summed E-state index contributed by atoms with van der Waals surface area (Å²) in [6, 6.07) is 0. The Morgan fingerprint density at radius 2 is 2.10 bits per heavy atom. The van der Waals surface area contributed by atoms with E-state index in [1.807, 2.05) is 0 Å². The van der Waals surface area contributed by atoms with Gasteiger partial charge in [-0.25, -0.2) is 5.48 Å². The van der Waals surface area contributed by atoms with E-state index in [9.17, 15) is 9.59 Å². The maximum atomic E-state index is 10.4. The van der Waals surface area contributed by atoms with E-state index < -0.39 is 17.8 Å². The third-order valence-electron chi connectivity index (χ3n) is 1.13. The molecule has 0 fully saturated rings. The van der Waals surface area contributed by atoms with Crippen LogP contribution in [0.5, 0.6) is 0 Å². The number of hydrogen-bond acceptors (Lipinski definition) is 3. The Morgan fingerprint density at radius 1 is 1.60 bits per heavy atom. The highest BCUT2D eigenvalue weighted by Gasteiger charge is 2.22. The van der Waals surface area contributed by atoms with Crippen LogP contribution in [0.2, 0.25) is 0 Å². The van der Waals surface area contributed by atoms with Crippen molar-refractivity contribution in [2.45, 2.75) is 13.3 Å². The van der Waals surface area contributed by atoms with Gasteiger partial charge >= 0.3 is 5.97 Å². The van der Waals surface area contributed by atoms with Gasteiger partial charge in [0, 0.05) is 0 Å². The molecule has 1 amide bonds. The van der Waals surface area contributed by atoms with Gasteiger partial charge in [-0.3, -0.25) is 14.8 Å². The van der Waals surface area contributed by atoms with Crippen LogP contribution in [0.15, 0.2) is 0 Å². The van der Waals surface area contributed by atoms with Crippen LogP contribution in [0, 0.1) is 5.92 Å². The fourth-order valence-corrected chi connectivity index (χ4v) is 0.550. The molecule has 0 saturated carbocycles. The molecule has 10 heavy (non-hydrogen) atoms. The Hall–Kier alpha value is -1.10. The molecule has 0 aromatic carbocycles. The molecule has 0 aromatic rings. The zero-order chi connectivity index (χ0) is 8.15. The first kappa shape index (κ1) is 8.90. The summed E-state index contributed by atoms with van der Waals surface area (Å²) in [4.78, 5) is 20.6. The van der Waals surface area contributed by atoms with Crippen molar-refractivity contribution in [2.75, 3.05) is 0 Å². The van der Waals surface area contributed by atoms with Gasteiger partial charge in [0.25, 0.3) is 5.91 Å². The number of amides is 1. The molecule has 0 spiro atoms. The molecule has 3 N–H and O–H groups in total. The van der Waals surface area contributed by atoms with Crippen LogP contribution in [0.1, 0.15) is 13.3 Å². The molecular weight excluding hydrogens is 138 g/mol. The largest absolute Gasteiger partial charge is 0.481 e. The van der Waals surface area contributed by atoms with Crippen LogP contribution < -0.4 is 5.48 Å². The summed E-state index contributed by atoms with van der Waals surface area (Å²) in [5.41, 5.74) is 1.28. The maximum Gasteiger partial charge on any atom is 0.316 e. The maximum absolute atomic E-state index is 10.4. The molecule has 5 heteroatoms. The molecule has 0 heterocycles. The normalized spacial score (nSPS) is 12.2. The molecule has 58 valence electrons. The highest BCUT2D eigenvalue weighted by Crippen LogP contribution is 2.01. The zero-order valence-electron chi connectivity index (χ0n) is 5.50. The average molecular weight is 147 g/mol. The Kier molecular flexibility index (Phi) is 3.42. The Labute approximate surface area is 57.6 Å². The molecule has 0 rings (SSSR count). The number of hydroxylamine groups is 1. The summed E-state index contributed by atoms with van der Waals surface area (Å²) < 4.78 is 0. The molecule has 0 aliphatic heterocycles. The third kappa shape index (κ3) is 2.02. The summed E-state index contributed by atoms with van der Waals surface area (Å²) in [6.45, 7) is 1.55. The number of carboxylic acids is 1. The van der Waals surface area contributed by atoms with Gasteiger partial charge in [-0.2, -0.15) is 0 Å². The van der Waals surface area contributed by atoms with Crippen molar-refractivity contribution in [1.82, 2.24) is 5.48 Å². The fourth-order valence-electron chi connectivity index (χ4n) is 0.550. The molecule has 0 radical (unpaired) electrons. The standard InChI is InChI=1S/C5H9NO4/c1-2-3(5(8)9)4(7)6-10/h3,10H,2H2,1H3,(H,6,7)(H,8,9). The molecule has 0 bridgehead atoms. The molecule has 0 aliphatic carbocycles. The lowest BCUT2D eigenvalue weighted by Crippen LogP contribution is -2.32. The van der Waals surface area contributed by atoms with Crippen LogP contribution in [0.25, 0.3) is 0 Å². The lowest BCUT2D eigenvalue weighted by molar-refractivity contribution is -0.150. The van der Waals surface area contributed by atoms with E-state index in [1.165, 1.54) is 5.48 Å². The lowest BCUT2D eigenvalue weighted by atomic mass is 10.1. The highest BCUT2D eigenvalue weighted by atomic mass is 16.5. The second-order valence-electron chi connectivity index (χ2n) is 1.78. The van der Waals surface area contributed by atoms with E-state index in [2.05, 4.69) is 0 Å². The minimum Gasteiger partial charge on any atom is -0.481 e. The van der Waals surface area contributed by atoms with Crippen LogP contribution in [0.4, 0.5) is 0 Å². The minimum absolute atomic E-state index is 0.168. The molecule has 0 saturated heterocycles. The zero-order valence-corrected chi connectivity index (χ0v) is 5.50. The highest BCUT2D eigenvalue weighted by molar-refractivity contribution is 5.96. The monoisotopic (exact) mass is 147 g/mol. The van der Waals surface area contributed by atoms with Crippen LogP contribution in [-0.2, 0) is 9.59 Å². The Balaban J connectivity index is 4.06. The van der Waals surface area contributed by atoms with E-state index in [0.29, 0.717) is 0 Å². The fraction of sp³-hybridized carbons (Fsp3) is 0.600. The van der Waals surface area contributed by atoms with Gasteiger partial charge in [0.05, 0.1) is 0 Å². The first-order valence-electron chi connectivity index (χ1n) is 2.80. The van der Waals surface area contributed by atoms with Crippen molar-refractivity contribution < 1.29 is 19.9 Å². The number of carboxylic acid groups (broad SMARTS) is 1. The SMILES string of the molecule is CCC(C(=O)O)C(=O)NO. The minimum atomic E-state index is -1.23. The van der Waals surface area contributed by atoms with Gasteiger partial charge in [-0.15, -0.1) is 0 Å². The van der Waals surface area contributed by atoms with Gasteiger partial charge in [-0.05, 0) is 6.42 Å². The number of hydrogen-bond donors (Lipinski definition) is 3. The van der Waals surface area contributed by atoms with E-state index in [4.69, 9.17) is 10.3 Å². The van der Waals surface area contributed by atoms with Crippen LogP contribution in [0.3, 0.4) is 0 Å². The van der Waals surface area contributed by atoms with Crippen molar-refractivity contribution in [1.29, 1.82) is 0 Å². The first-order valence-corrected chi connectivity index (χ1v) is 2.80. The summed E-state index contributed by atoms with van der Waals surface area (Å²) in [6.07, 6.45) is 0.168. The third-order valence-corrected chi connectivity index (χ3v) is 1.13. The van der Waals surface area contributed by atoms with E-state index in [1.54, 1.807) is 6.92 Å². The van der Waals surface area contributed by atoms with Crippen LogP contribution in [-0.4, -0.2) is 22.2 Å². The van der Waals surface area contributed by atoms with E-state index in [0.717, 1.165) is 0 Å². The number of nitrogens with one attached hydrogen (secondary N) is 1. The second kappa shape index (κ2) is 3.84. The average Bonchev–Trinajstić information content (AvgIpc) is 1.88. The van der Waals surface area contributed by atoms with Gasteiger partial charge in [0.1, 0.15) is 5.92 Å². The quantitative estimate of drug-likeness (QED) is 0.288. The van der Waals surface area contributed by atoms with Gasteiger partial charge in [-0.1, -0.05) is 6.92 Å². The van der Waals surface area contributed by atoms with E-state index >= 15 is 0 Å². The molecule has 5 nitrogen and oxygen atoms in total. The predicted octanol–water partition coefficient (Wildman–Crippen LogP) is -0.397. The molecular formula is C5H9NO4. The van der Waals surface area contributed by atoms with Gasteiger partial charge in [0.15, 0.2) is 0 Å². The van der Waals surface area contributed by atoms with Crippen molar-refractivity contribution >= 4 is 11.9 Å².